The van der Waals surface area contributed by atoms with E-state index in [4.69, 9.17) is 13.8 Å². The monoisotopic (exact) mass is 1290 g/mol. The van der Waals surface area contributed by atoms with Gasteiger partial charge in [-0.25, -0.2) is 4.57 Å². The molecule has 0 aliphatic carbocycles. The summed E-state index contributed by atoms with van der Waals surface area (Å²) in [5, 5.41) is 3.07. The number of amides is 1. The summed E-state index contributed by atoms with van der Waals surface area (Å²) in [5.41, 5.74) is 0. The third-order valence-electron chi connectivity index (χ3n) is 16.1. The van der Waals surface area contributed by atoms with E-state index < -0.39 is 20.0 Å². The average molecular weight is 1290 g/mol. The number of quaternary nitrogens is 1. The predicted molar refractivity (Wildman–Crippen MR) is 396 cm³/mol. The summed E-state index contributed by atoms with van der Waals surface area (Å²) in [5.74, 6) is -0.522. The van der Waals surface area contributed by atoms with Crippen LogP contribution in [0.25, 0.3) is 0 Å². The second kappa shape index (κ2) is 69.0. The second-order valence-electron chi connectivity index (χ2n) is 26.1. The summed E-state index contributed by atoms with van der Waals surface area (Å²) in [6.45, 7) is 6.88. The molecule has 0 rings (SSSR count). The number of nitrogens with one attached hydrogen (secondary N) is 1. The van der Waals surface area contributed by atoms with Gasteiger partial charge in [-0.3, -0.25) is 18.6 Å². The number of carbonyl (C=O) groups excluding carboxylic acids is 2. The molecule has 0 fully saturated rings. The number of esters is 1. The molecule has 0 aliphatic heterocycles. The number of hydrogen-bond acceptors (Lipinski definition) is 6. The van der Waals surface area contributed by atoms with Gasteiger partial charge in [0.1, 0.15) is 19.3 Å². The molecule has 0 aromatic heterocycles. The molecule has 0 aromatic rings. The number of hydrogen-bond donors (Lipinski definition) is 2. The Morgan fingerprint density at radius 1 is 0.396 bits per heavy atom. The molecule has 0 saturated carbocycles. The first-order chi connectivity index (χ1) is 44.4. The Bertz CT molecular complexity index is 2020. The molecule has 9 nitrogen and oxygen atoms in total. The number of ether oxygens (including phenoxy) is 1. The number of carbonyl (C=O) groups is 2. The van der Waals surface area contributed by atoms with E-state index >= 15 is 0 Å². The van der Waals surface area contributed by atoms with Crippen LogP contribution < -0.4 is 5.32 Å². The van der Waals surface area contributed by atoms with Crippen LogP contribution in [0.1, 0.15) is 316 Å². The number of likely N-dealkylation sites (N-methyl/N-ethyl adjacent to an activating group) is 1. The summed E-state index contributed by atoms with van der Waals surface area (Å²) < 4.78 is 30.9. The SMILES string of the molecule is CC/C=C\C/C=C\C/C=C\C/C=C\C/C=C\C/C=C\CCCCCCCCCCC(=O)NC(COP(=O)(O)OCC[N+](C)(C)C)C(/C=C/CCCCCCCCCCCCC)OC(=O)CCCCCCCCCCC/C=C\C/C=C\C/C=C\C/C=C\CCCCC. The number of phosphoric acid groups is 1. The zero-order valence-electron chi connectivity index (χ0n) is 59.8. The van der Waals surface area contributed by atoms with Crippen LogP contribution in [0.4, 0.5) is 0 Å². The Hall–Kier alpha value is -3.85. The smallest absolute Gasteiger partial charge is 0.456 e. The molecule has 91 heavy (non-hydrogen) atoms. The highest BCUT2D eigenvalue weighted by atomic mass is 31.2. The van der Waals surface area contributed by atoms with Crippen molar-refractivity contribution in [2.75, 3.05) is 40.9 Å². The lowest BCUT2D eigenvalue weighted by molar-refractivity contribution is -0.870. The van der Waals surface area contributed by atoms with E-state index in [1.807, 2.05) is 33.3 Å². The van der Waals surface area contributed by atoms with Gasteiger partial charge in [-0.1, -0.05) is 309 Å². The molecule has 2 N–H and O–H groups in total. The molecule has 0 spiro atoms. The van der Waals surface area contributed by atoms with Crippen LogP contribution in [0.15, 0.2) is 134 Å². The average Bonchev–Trinajstić information content (AvgIpc) is 3.45. The lowest BCUT2D eigenvalue weighted by Gasteiger charge is -2.27. The summed E-state index contributed by atoms with van der Waals surface area (Å²) in [7, 11) is 1.47. The highest BCUT2D eigenvalue weighted by molar-refractivity contribution is 7.47. The molecule has 0 saturated heterocycles. The zero-order chi connectivity index (χ0) is 66.3. The van der Waals surface area contributed by atoms with Gasteiger partial charge in [-0.2, -0.15) is 0 Å². The van der Waals surface area contributed by atoms with Crippen molar-refractivity contribution < 1.29 is 37.3 Å². The van der Waals surface area contributed by atoms with Gasteiger partial charge in [0.15, 0.2) is 0 Å². The van der Waals surface area contributed by atoms with Gasteiger partial charge in [0.05, 0.1) is 33.8 Å². The lowest BCUT2D eigenvalue weighted by Crippen LogP contribution is -2.47. The van der Waals surface area contributed by atoms with E-state index in [1.54, 1.807) is 0 Å². The molecular formula is C81H142N2O7P+. The fourth-order valence-corrected chi connectivity index (χ4v) is 11.1. The van der Waals surface area contributed by atoms with E-state index in [0.29, 0.717) is 17.4 Å². The van der Waals surface area contributed by atoms with Crippen LogP contribution in [-0.4, -0.2) is 74.3 Å². The molecule has 0 heterocycles. The molecule has 10 heteroatoms. The maximum atomic E-state index is 13.7. The molecule has 0 bridgehead atoms. The maximum Gasteiger partial charge on any atom is 0.472 e. The van der Waals surface area contributed by atoms with Crippen molar-refractivity contribution >= 4 is 19.7 Å². The lowest BCUT2D eigenvalue weighted by atomic mass is 10.0. The Labute approximate surface area is 562 Å². The molecule has 0 aromatic carbocycles. The van der Waals surface area contributed by atoms with Crippen LogP contribution in [0.5, 0.6) is 0 Å². The van der Waals surface area contributed by atoms with Gasteiger partial charge >= 0.3 is 13.8 Å². The Balaban J connectivity index is 5.11. The van der Waals surface area contributed by atoms with Crippen LogP contribution in [0.3, 0.4) is 0 Å². The van der Waals surface area contributed by atoms with Crippen LogP contribution in [0, 0.1) is 0 Å². The minimum absolute atomic E-state index is 0.0310. The molecule has 1 amide bonds. The molecule has 522 valence electrons. The van der Waals surface area contributed by atoms with E-state index in [-0.39, 0.29) is 31.5 Å². The van der Waals surface area contributed by atoms with E-state index in [1.165, 1.54) is 141 Å². The van der Waals surface area contributed by atoms with Gasteiger partial charge in [-0.05, 0) is 128 Å². The van der Waals surface area contributed by atoms with E-state index in [2.05, 4.69) is 148 Å². The molecule has 0 radical (unpaired) electrons. The maximum absolute atomic E-state index is 13.7. The van der Waals surface area contributed by atoms with Crippen molar-refractivity contribution in [1.29, 1.82) is 0 Å². The highest BCUT2D eigenvalue weighted by Gasteiger charge is 2.30. The topological polar surface area (TPSA) is 111 Å². The Morgan fingerprint density at radius 2 is 0.703 bits per heavy atom. The molecule has 3 atom stereocenters. The van der Waals surface area contributed by atoms with Crippen molar-refractivity contribution in [3.63, 3.8) is 0 Å². The van der Waals surface area contributed by atoms with Crippen molar-refractivity contribution in [3.05, 3.63) is 134 Å². The van der Waals surface area contributed by atoms with Crippen molar-refractivity contribution in [1.82, 2.24) is 5.32 Å². The molecular weight excluding hydrogens is 1140 g/mol. The van der Waals surface area contributed by atoms with Gasteiger partial charge in [0, 0.05) is 12.8 Å². The first-order valence-corrected chi connectivity index (χ1v) is 39.0. The van der Waals surface area contributed by atoms with Crippen LogP contribution >= 0.6 is 7.82 Å². The van der Waals surface area contributed by atoms with Crippen molar-refractivity contribution in [2.45, 2.75) is 328 Å². The fourth-order valence-electron chi connectivity index (χ4n) is 10.3. The third kappa shape index (κ3) is 70.3. The minimum Gasteiger partial charge on any atom is -0.456 e. The number of rotatable bonds is 67. The molecule has 0 aliphatic rings. The summed E-state index contributed by atoms with van der Waals surface area (Å²) >= 11 is 0. The summed E-state index contributed by atoms with van der Waals surface area (Å²) in [6, 6.07) is -0.867. The van der Waals surface area contributed by atoms with E-state index in [0.717, 1.165) is 141 Å². The number of allylic oxidation sites excluding steroid dienone is 21. The number of unbranched alkanes of at least 4 members (excludes halogenated alkanes) is 31. The normalized spacial score (nSPS) is 14.2. The van der Waals surface area contributed by atoms with Crippen LogP contribution in [-0.2, 0) is 27.9 Å². The van der Waals surface area contributed by atoms with Gasteiger partial charge < -0.3 is 19.4 Å². The van der Waals surface area contributed by atoms with Crippen LogP contribution in [0.2, 0.25) is 0 Å². The van der Waals surface area contributed by atoms with Gasteiger partial charge in [0.25, 0.3) is 0 Å². The standard InChI is InChI=1S/C81H141N2O7P/c1-7-10-13-16-19-22-25-28-30-32-34-36-38-40-41-43-44-46-48-50-52-55-58-61-64-67-70-73-80(84)82-78(77-89-91(86,87)88-76-75-83(4,5)6)79(72-69-66-63-60-57-54-27-24-21-18-15-12-9-3)90-81(85)74-71-68-65-62-59-56-53-51-49-47-45-42-39-37-35-33-31-29-26-23-20-17-14-11-8-2/h10,13,19-20,22-23,28-31,34-37,40-42,44-46,69,72,78-79H,7-9,11-12,14-18,21,24-27,32-33,38-39,43,47-68,70-71,73-77H2,1-6H3,(H-,82,84,86,87)/p+1/b13-10-,22-19-,23-20-,30-28-,31-29-,36-34-,37-35-,41-40-,45-42-,46-44-,72-69+. The predicted octanol–water partition coefficient (Wildman–Crippen LogP) is 24.3. The van der Waals surface area contributed by atoms with Gasteiger partial charge in [-0.15, -0.1) is 0 Å². The zero-order valence-corrected chi connectivity index (χ0v) is 60.7. The van der Waals surface area contributed by atoms with E-state index in [9.17, 15) is 19.0 Å². The number of nitrogens with zero attached hydrogens (tertiary/aromatic N) is 1. The third-order valence-corrected chi connectivity index (χ3v) is 17.1. The van der Waals surface area contributed by atoms with Crippen molar-refractivity contribution in [3.8, 4) is 0 Å². The first-order valence-electron chi connectivity index (χ1n) is 37.5. The summed E-state index contributed by atoms with van der Waals surface area (Å²) in [4.78, 5) is 38.0. The minimum atomic E-state index is -4.47. The quantitative estimate of drug-likeness (QED) is 0.0205. The van der Waals surface area contributed by atoms with Gasteiger partial charge in [0.2, 0.25) is 5.91 Å². The Morgan fingerprint density at radius 3 is 1.08 bits per heavy atom. The Kier molecular flexibility index (Phi) is 66.1. The first kappa shape index (κ1) is 87.2. The summed E-state index contributed by atoms with van der Waals surface area (Å²) in [6.07, 6.45) is 98.9. The second-order valence-corrected chi connectivity index (χ2v) is 27.5. The molecule has 3 unspecified atom stereocenters. The fraction of sp³-hybridized carbons (Fsp3) is 0.704. The largest absolute Gasteiger partial charge is 0.472 e. The number of phosphoric ester groups is 1. The van der Waals surface area contributed by atoms with Crippen molar-refractivity contribution in [2.24, 2.45) is 0 Å². The highest BCUT2D eigenvalue weighted by Crippen LogP contribution is 2.43.